The molecule has 1 aromatic heterocycles. The minimum Gasteiger partial charge on any atom is -0.298 e. The number of carbonyl (C=O) groups is 3. The summed E-state index contributed by atoms with van der Waals surface area (Å²) < 4.78 is 0. The van der Waals surface area contributed by atoms with Crippen LogP contribution in [0.3, 0.4) is 0 Å². The maximum Gasteiger partial charge on any atom is 0.247 e. The Balaban J connectivity index is 2.63. The summed E-state index contributed by atoms with van der Waals surface area (Å²) in [6.07, 6.45) is 6.43. The van der Waals surface area contributed by atoms with Crippen molar-refractivity contribution in [3.63, 3.8) is 0 Å². The first-order chi connectivity index (χ1) is 16.7. The molecule has 3 atom stereocenters. The van der Waals surface area contributed by atoms with Gasteiger partial charge in [0.2, 0.25) is 11.8 Å². The molecule has 2 aromatic rings. The van der Waals surface area contributed by atoms with Gasteiger partial charge in [-0.3, -0.25) is 30.1 Å². The van der Waals surface area contributed by atoms with Crippen molar-refractivity contribution in [2.24, 2.45) is 23.1 Å². The molecule has 9 heteroatoms. The molecule has 1 heterocycles. The first kappa shape index (κ1) is 27.9. The van der Waals surface area contributed by atoms with Gasteiger partial charge in [0.1, 0.15) is 5.41 Å². The molecule has 0 radical (unpaired) electrons. The zero-order valence-corrected chi connectivity index (χ0v) is 20.9. The summed E-state index contributed by atoms with van der Waals surface area (Å²) in [5.41, 5.74) is 4.50. The van der Waals surface area contributed by atoms with E-state index >= 15 is 0 Å². The van der Waals surface area contributed by atoms with Crippen LogP contribution >= 0.6 is 0 Å². The molecule has 35 heavy (non-hydrogen) atoms. The van der Waals surface area contributed by atoms with Gasteiger partial charge in [-0.05, 0) is 43.2 Å². The van der Waals surface area contributed by atoms with Gasteiger partial charge in [0.05, 0.1) is 18.0 Å². The van der Waals surface area contributed by atoms with Crippen LogP contribution < -0.4 is 16.7 Å². The van der Waals surface area contributed by atoms with E-state index < -0.39 is 34.8 Å². The van der Waals surface area contributed by atoms with E-state index in [0.717, 1.165) is 5.56 Å². The number of hydroxylamine groups is 1. The van der Waals surface area contributed by atoms with Crippen LogP contribution in [0.5, 0.6) is 0 Å². The number of benzene rings is 1. The minimum absolute atomic E-state index is 0.00871. The Hall–Kier alpha value is -3.30. The molecule has 0 fully saturated rings. The Morgan fingerprint density at radius 1 is 1.23 bits per heavy atom. The standard InChI is InChI=1S/C26H37N5O4/c1-5-14-26(15-17(2)3,25(34)29-27)23(32)21(22-18(4)16-28-30-22)20(24(33)31-35)13-9-12-19-10-7-6-8-11-19/h6-12,16-17,20-21,35H,5,13-15,27H2,1-4H3,(H,28,30)(H,29,34)(H,31,33)/b12-9+/t20-,21+,26?/m0/s1. The van der Waals surface area contributed by atoms with E-state index in [0.29, 0.717) is 17.7 Å². The molecule has 0 bridgehead atoms. The number of hydrogen-bond acceptors (Lipinski definition) is 6. The van der Waals surface area contributed by atoms with Gasteiger partial charge in [0, 0.05) is 5.69 Å². The Morgan fingerprint density at radius 3 is 2.43 bits per heavy atom. The number of hydrogen-bond donors (Lipinski definition) is 5. The molecule has 1 unspecified atom stereocenters. The number of nitrogens with two attached hydrogens (primary N) is 1. The third-order valence-electron chi connectivity index (χ3n) is 6.28. The van der Waals surface area contributed by atoms with Crippen molar-refractivity contribution in [2.75, 3.05) is 0 Å². The van der Waals surface area contributed by atoms with Crippen molar-refractivity contribution >= 4 is 23.7 Å². The van der Waals surface area contributed by atoms with Crippen LogP contribution in [0.4, 0.5) is 0 Å². The quantitative estimate of drug-likeness (QED) is 0.0968. The van der Waals surface area contributed by atoms with Crippen LogP contribution in [0.15, 0.2) is 42.6 Å². The van der Waals surface area contributed by atoms with Gasteiger partial charge in [-0.2, -0.15) is 5.10 Å². The second kappa shape index (κ2) is 13.0. The lowest BCUT2D eigenvalue weighted by molar-refractivity contribution is -0.149. The van der Waals surface area contributed by atoms with Gasteiger partial charge in [0.25, 0.3) is 0 Å². The van der Waals surface area contributed by atoms with Gasteiger partial charge in [-0.25, -0.2) is 11.3 Å². The van der Waals surface area contributed by atoms with Crippen molar-refractivity contribution in [1.29, 1.82) is 0 Å². The normalized spacial score (nSPS) is 14.9. The molecule has 9 nitrogen and oxygen atoms in total. The third kappa shape index (κ3) is 6.64. The van der Waals surface area contributed by atoms with Crippen molar-refractivity contribution in [2.45, 2.75) is 59.3 Å². The maximum atomic E-state index is 14.4. The summed E-state index contributed by atoms with van der Waals surface area (Å²) in [4.78, 5) is 40.5. The number of aromatic nitrogens is 2. The fraction of sp³-hybridized carbons (Fsp3) is 0.462. The Kier molecular flexibility index (Phi) is 10.4. The Morgan fingerprint density at radius 2 is 1.91 bits per heavy atom. The molecule has 0 saturated heterocycles. The summed E-state index contributed by atoms with van der Waals surface area (Å²) in [5.74, 6) is 1.77. The summed E-state index contributed by atoms with van der Waals surface area (Å²) in [6.45, 7) is 7.53. The molecule has 2 rings (SSSR count). The van der Waals surface area contributed by atoms with E-state index in [1.54, 1.807) is 24.7 Å². The van der Waals surface area contributed by atoms with Crippen LogP contribution in [0, 0.1) is 24.2 Å². The number of rotatable bonds is 13. The van der Waals surface area contributed by atoms with Gasteiger partial charge in [-0.1, -0.05) is 69.7 Å². The first-order valence-electron chi connectivity index (χ1n) is 11.9. The second-order valence-electron chi connectivity index (χ2n) is 9.34. The summed E-state index contributed by atoms with van der Waals surface area (Å²) in [5, 5.41) is 16.5. The largest absolute Gasteiger partial charge is 0.298 e. The Bertz CT molecular complexity index is 1020. The van der Waals surface area contributed by atoms with Crippen molar-refractivity contribution in [3.8, 4) is 0 Å². The summed E-state index contributed by atoms with van der Waals surface area (Å²) >= 11 is 0. The highest BCUT2D eigenvalue weighted by Crippen LogP contribution is 2.42. The van der Waals surface area contributed by atoms with Gasteiger partial charge < -0.3 is 0 Å². The number of nitrogens with zero attached hydrogens (tertiary/aromatic N) is 1. The van der Waals surface area contributed by atoms with Crippen LogP contribution in [-0.2, 0) is 14.4 Å². The van der Waals surface area contributed by atoms with E-state index in [9.17, 15) is 19.6 Å². The molecule has 0 aliphatic carbocycles. The molecule has 0 aliphatic heterocycles. The first-order valence-corrected chi connectivity index (χ1v) is 11.9. The van der Waals surface area contributed by atoms with Crippen LogP contribution in [-0.4, -0.2) is 33.0 Å². The molecular weight excluding hydrogens is 446 g/mol. The second-order valence-corrected chi connectivity index (χ2v) is 9.34. The molecule has 190 valence electrons. The van der Waals surface area contributed by atoms with Crippen molar-refractivity contribution < 1.29 is 19.6 Å². The number of Topliss-reactive ketones (excluding diaryl/α,β-unsaturated/α-hetero) is 1. The van der Waals surface area contributed by atoms with Crippen LogP contribution in [0.1, 0.15) is 69.2 Å². The number of amides is 2. The average Bonchev–Trinajstić information content (AvgIpc) is 3.27. The molecule has 6 N–H and O–H groups in total. The van der Waals surface area contributed by atoms with Crippen LogP contribution in [0.25, 0.3) is 6.08 Å². The fourth-order valence-electron chi connectivity index (χ4n) is 4.78. The van der Waals surface area contributed by atoms with Crippen molar-refractivity contribution in [1.82, 2.24) is 21.1 Å². The molecule has 1 aromatic carbocycles. The molecule has 0 aliphatic rings. The molecule has 0 spiro atoms. The molecule has 2 amide bonds. The van der Waals surface area contributed by atoms with E-state index in [1.807, 2.05) is 57.2 Å². The smallest absolute Gasteiger partial charge is 0.247 e. The topological polar surface area (TPSA) is 150 Å². The number of aromatic amines is 1. The summed E-state index contributed by atoms with van der Waals surface area (Å²) in [6, 6.07) is 9.53. The van der Waals surface area contributed by atoms with Gasteiger partial charge in [0.15, 0.2) is 5.78 Å². The lowest BCUT2D eigenvalue weighted by atomic mass is 9.65. The van der Waals surface area contributed by atoms with Gasteiger partial charge >= 0.3 is 0 Å². The Labute approximate surface area is 206 Å². The maximum absolute atomic E-state index is 14.4. The van der Waals surface area contributed by atoms with Crippen LogP contribution in [0.2, 0.25) is 0 Å². The SMILES string of the molecule is CCCC(CC(C)C)(C(=O)NN)C(=O)[C@@H](c1[nH]ncc1C)[C@H](C/C=C/c1ccccc1)C(=O)NO. The zero-order valence-electron chi connectivity index (χ0n) is 20.9. The van der Waals surface area contributed by atoms with Gasteiger partial charge in [-0.15, -0.1) is 0 Å². The van der Waals surface area contributed by atoms with E-state index in [1.165, 1.54) is 0 Å². The highest BCUT2D eigenvalue weighted by molar-refractivity contribution is 6.09. The number of ketones is 1. The number of nitrogens with one attached hydrogen (secondary N) is 3. The minimum atomic E-state index is -1.45. The van der Waals surface area contributed by atoms with Crippen molar-refractivity contribution in [3.05, 3.63) is 59.4 Å². The monoisotopic (exact) mass is 483 g/mol. The molecule has 0 saturated carbocycles. The van der Waals surface area contributed by atoms with E-state index in [4.69, 9.17) is 5.84 Å². The van der Waals surface area contributed by atoms with E-state index in [-0.39, 0.29) is 25.2 Å². The number of H-pyrrole nitrogens is 1. The van der Waals surface area contributed by atoms with E-state index in [2.05, 4.69) is 15.6 Å². The lowest BCUT2D eigenvalue weighted by Crippen LogP contribution is -2.53. The zero-order chi connectivity index (χ0) is 26.0. The predicted octanol–water partition coefficient (Wildman–Crippen LogP) is 3.42. The predicted molar refractivity (Wildman–Crippen MR) is 134 cm³/mol. The fourth-order valence-corrected chi connectivity index (χ4v) is 4.78. The number of carbonyl (C=O) groups excluding carboxylic acids is 3. The third-order valence-corrected chi connectivity index (χ3v) is 6.28. The summed E-state index contributed by atoms with van der Waals surface area (Å²) in [7, 11) is 0. The highest BCUT2D eigenvalue weighted by atomic mass is 16.5. The number of allylic oxidation sites excluding steroid dienone is 1. The number of aryl methyl sites for hydroxylation is 1. The average molecular weight is 484 g/mol. The lowest BCUT2D eigenvalue weighted by Gasteiger charge is -2.36. The highest BCUT2D eigenvalue weighted by Gasteiger charge is 2.51. The molecular formula is C26H37N5O4. The number of hydrazine groups is 1.